The molecule has 0 radical (unpaired) electrons. The van der Waals surface area contributed by atoms with Crippen LogP contribution < -0.4 is 0 Å². The van der Waals surface area contributed by atoms with Crippen molar-refractivity contribution >= 4 is 22.6 Å². The molecule has 4 heterocycles. The summed E-state index contributed by atoms with van der Waals surface area (Å²) in [4.78, 5) is 27.5. The van der Waals surface area contributed by atoms with Crippen LogP contribution in [-0.4, -0.2) is 41.9 Å². The van der Waals surface area contributed by atoms with Crippen LogP contribution in [0, 0.1) is 0 Å². The minimum atomic E-state index is -0.0655. The van der Waals surface area contributed by atoms with Crippen LogP contribution in [0.2, 0.25) is 0 Å². The number of H-pyrrole nitrogens is 1. The van der Waals surface area contributed by atoms with Crippen molar-refractivity contribution in [1.82, 2.24) is 29.5 Å². The Bertz CT molecular complexity index is 1200. The number of nitrogens with one attached hydrogen (secondary N) is 1. The molecular weight excluding hydrogens is 352 g/mol. The zero-order valence-corrected chi connectivity index (χ0v) is 16.2. The first-order chi connectivity index (χ1) is 13.5. The van der Waals surface area contributed by atoms with Crippen molar-refractivity contribution in [3.63, 3.8) is 0 Å². The molecule has 0 spiro atoms. The Hall–Kier alpha value is -3.22. The number of aromatic nitrogens is 5. The molecule has 4 aromatic rings. The molecule has 1 aromatic carbocycles. The number of amides is 1. The maximum Gasteiger partial charge on any atom is 0.273 e. The molecule has 5 rings (SSSR count). The first kappa shape index (κ1) is 16.9. The van der Waals surface area contributed by atoms with E-state index in [0.717, 1.165) is 23.3 Å². The van der Waals surface area contributed by atoms with Crippen molar-refractivity contribution in [2.24, 2.45) is 0 Å². The summed E-state index contributed by atoms with van der Waals surface area (Å²) in [6.07, 6.45) is 2.31. The molecule has 0 saturated heterocycles. The van der Waals surface area contributed by atoms with Gasteiger partial charge in [0.2, 0.25) is 0 Å². The van der Waals surface area contributed by atoms with Crippen LogP contribution in [-0.2, 0) is 6.42 Å². The summed E-state index contributed by atoms with van der Waals surface area (Å²) in [5.41, 5.74) is 4.92. The van der Waals surface area contributed by atoms with E-state index in [1.807, 2.05) is 17.0 Å². The van der Waals surface area contributed by atoms with Crippen LogP contribution in [0.25, 0.3) is 16.7 Å². The zero-order chi connectivity index (χ0) is 19.4. The number of fused-ring (bicyclic) bond motifs is 4. The van der Waals surface area contributed by atoms with E-state index in [-0.39, 0.29) is 17.9 Å². The second kappa shape index (κ2) is 6.15. The third-order valence-corrected chi connectivity index (χ3v) is 5.69. The van der Waals surface area contributed by atoms with Crippen LogP contribution in [0.15, 0.2) is 36.7 Å². The van der Waals surface area contributed by atoms with E-state index in [2.05, 4.69) is 59.0 Å². The molecule has 7 heteroatoms. The van der Waals surface area contributed by atoms with Gasteiger partial charge in [0.15, 0.2) is 0 Å². The molecule has 0 aliphatic carbocycles. The molecule has 1 aliphatic heterocycles. The van der Waals surface area contributed by atoms with Crippen molar-refractivity contribution in [3.05, 3.63) is 59.3 Å². The quantitative estimate of drug-likeness (QED) is 0.582. The highest BCUT2D eigenvalue weighted by atomic mass is 16.2. The highest BCUT2D eigenvalue weighted by Gasteiger charge is 2.32. The summed E-state index contributed by atoms with van der Waals surface area (Å²) in [7, 11) is 0. The summed E-state index contributed by atoms with van der Waals surface area (Å²) < 4.78 is 1.71. The Labute approximate surface area is 162 Å². The Kier molecular flexibility index (Phi) is 3.72. The second-order valence-corrected chi connectivity index (χ2v) is 7.68. The zero-order valence-electron chi connectivity index (χ0n) is 16.2. The smallest absolute Gasteiger partial charge is 0.273 e. The first-order valence-corrected chi connectivity index (χ1v) is 9.65. The lowest BCUT2D eigenvalue weighted by Gasteiger charge is -2.33. The lowest BCUT2D eigenvalue weighted by atomic mass is 9.98. The largest absolute Gasteiger partial charge is 0.356 e. The third kappa shape index (κ3) is 2.42. The van der Waals surface area contributed by atoms with Gasteiger partial charge >= 0.3 is 0 Å². The van der Waals surface area contributed by atoms with E-state index >= 15 is 0 Å². The first-order valence-electron chi connectivity index (χ1n) is 9.65. The van der Waals surface area contributed by atoms with Gasteiger partial charge in [0, 0.05) is 23.1 Å². The Balaban J connectivity index is 1.55. The monoisotopic (exact) mass is 374 g/mol. The fourth-order valence-electron chi connectivity index (χ4n) is 4.21. The van der Waals surface area contributed by atoms with Crippen LogP contribution in [0.5, 0.6) is 0 Å². The van der Waals surface area contributed by atoms with Gasteiger partial charge in [0.1, 0.15) is 12.0 Å². The second-order valence-electron chi connectivity index (χ2n) is 7.68. The van der Waals surface area contributed by atoms with Gasteiger partial charge in [-0.1, -0.05) is 32.0 Å². The molecule has 0 unspecified atom stereocenters. The molecule has 0 saturated carbocycles. The van der Waals surface area contributed by atoms with Gasteiger partial charge in [0.05, 0.1) is 11.7 Å². The van der Waals surface area contributed by atoms with E-state index in [1.54, 1.807) is 4.52 Å². The molecule has 1 N–H and O–H groups in total. The number of benzene rings is 1. The Morgan fingerprint density at radius 3 is 2.93 bits per heavy atom. The van der Waals surface area contributed by atoms with Gasteiger partial charge in [-0.2, -0.15) is 10.1 Å². The van der Waals surface area contributed by atoms with Crippen molar-refractivity contribution in [3.8, 4) is 0 Å². The van der Waals surface area contributed by atoms with Gasteiger partial charge in [-0.05, 0) is 37.0 Å². The highest BCUT2D eigenvalue weighted by molar-refractivity contribution is 5.94. The minimum absolute atomic E-state index is 0.0398. The van der Waals surface area contributed by atoms with Crippen LogP contribution in [0.4, 0.5) is 0 Å². The average Bonchev–Trinajstić information content (AvgIpc) is 3.31. The standard InChI is InChI=1S/C21H22N6O/c1-12(2)18-10-17(25-21-22-11-23-27(18)21)20(28)26-9-8-15-14-6-4-5-7-16(14)24-19(15)13(26)3/h4-7,10-13,24H,8-9H2,1-3H3/t13-/m1/s1. The van der Waals surface area contributed by atoms with E-state index in [1.165, 1.54) is 17.3 Å². The summed E-state index contributed by atoms with van der Waals surface area (Å²) >= 11 is 0. The van der Waals surface area contributed by atoms with E-state index < -0.39 is 0 Å². The van der Waals surface area contributed by atoms with Crippen LogP contribution in [0.1, 0.15) is 60.2 Å². The Morgan fingerprint density at radius 1 is 1.29 bits per heavy atom. The number of para-hydroxylation sites is 1. The Morgan fingerprint density at radius 2 is 2.11 bits per heavy atom. The van der Waals surface area contributed by atoms with Gasteiger partial charge in [-0.15, -0.1) is 0 Å². The predicted molar refractivity (Wildman–Crippen MR) is 106 cm³/mol. The topological polar surface area (TPSA) is 79.2 Å². The number of nitrogens with zero attached hydrogens (tertiary/aromatic N) is 5. The number of carbonyl (C=O) groups excluding carboxylic acids is 1. The lowest BCUT2D eigenvalue weighted by Crippen LogP contribution is -2.39. The number of rotatable bonds is 2. The minimum Gasteiger partial charge on any atom is -0.356 e. The molecule has 3 aromatic heterocycles. The van der Waals surface area contributed by atoms with Crippen molar-refractivity contribution in [2.45, 2.75) is 39.2 Å². The SMILES string of the molecule is CC(C)c1cc(C(=O)N2CCc3c([nH]c4ccccc34)[C@H]2C)nc2ncnn12. The van der Waals surface area contributed by atoms with E-state index in [4.69, 9.17) is 0 Å². The molecule has 142 valence electrons. The molecule has 0 bridgehead atoms. The number of aromatic amines is 1. The molecule has 1 atom stereocenters. The van der Waals surface area contributed by atoms with Crippen molar-refractivity contribution in [2.75, 3.05) is 6.54 Å². The molecule has 7 nitrogen and oxygen atoms in total. The molecule has 1 amide bonds. The summed E-state index contributed by atoms with van der Waals surface area (Å²) in [5, 5.41) is 5.49. The fraction of sp³-hybridized carbons (Fsp3) is 0.333. The lowest BCUT2D eigenvalue weighted by molar-refractivity contribution is 0.0668. The van der Waals surface area contributed by atoms with Gasteiger partial charge in [0.25, 0.3) is 11.7 Å². The average molecular weight is 374 g/mol. The van der Waals surface area contributed by atoms with Gasteiger partial charge < -0.3 is 9.88 Å². The van der Waals surface area contributed by atoms with Gasteiger partial charge in [-0.25, -0.2) is 9.50 Å². The fourth-order valence-corrected chi connectivity index (χ4v) is 4.21. The van der Waals surface area contributed by atoms with Crippen molar-refractivity contribution in [1.29, 1.82) is 0 Å². The predicted octanol–water partition coefficient (Wildman–Crippen LogP) is 3.49. The maximum absolute atomic E-state index is 13.4. The molecule has 1 aliphatic rings. The van der Waals surface area contributed by atoms with Crippen LogP contribution in [0.3, 0.4) is 0 Å². The van der Waals surface area contributed by atoms with Gasteiger partial charge in [-0.3, -0.25) is 4.79 Å². The van der Waals surface area contributed by atoms with Crippen LogP contribution >= 0.6 is 0 Å². The normalized spacial score (nSPS) is 16.9. The van der Waals surface area contributed by atoms with E-state index in [9.17, 15) is 4.79 Å². The molecule has 0 fully saturated rings. The number of hydrogen-bond donors (Lipinski definition) is 1. The summed E-state index contributed by atoms with van der Waals surface area (Å²) in [6.45, 7) is 6.89. The number of hydrogen-bond acceptors (Lipinski definition) is 4. The van der Waals surface area contributed by atoms with Crippen molar-refractivity contribution < 1.29 is 4.79 Å². The van der Waals surface area contributed by atoms with E-state index in [0.29, 0.717) is 18.0 Å². The highest BCUT2D eigenvalue weighted by Crippen LogP contribution is 2.34. The summed E-state index contributed by atoms with van der Waals surface area (Å²) in [5.74, 6) is 0.604. The maximum atomic E-state index is 13.4. The summed E-state index contributed by atoms with van der Waals surface area (Å²) in [6, 6.07) is 10.1. The molecular formula is C21H22N6O. The third-order valence-electron chi connectivity index (χ3n) is 5.69. The number of carbonyl (C=O) groups is 1. The molecule has 28 heavy (non-hydrogen) atoms.